The highest BCUT2D eigenvalue weighted by molar-refractivity contribution is 9.10. The van der Waals surface area contributed by atoms with Crippen molar-refractivity contribution in [1.82, 2.24) is 4.98 Å². The number of halogens is 2. The summed E-state index contributed by atoms with van der Waals surface area (Å²) in [5, 5.41) is 0.0614. The molecule has 1 aromatic carbocycles. The van der Waals surface area contributed by atoms with Crippen molar-refractivity contribution in [3.63, 3.8) is 0 Å². The number of nitrogens with one attached hydrogen (secondary N) is 1. The molecule has 0 fully saturated rings. The molecule has 106 valence electrons. The highest BCUT2D eigenvalue weighted by atomic mass is 79.9. The molecule has 2 aromatic rings. The quantitative estimate of drug-likeness (QED) is 0.806. The van der Waals surface area contributed by atoms with E-state index in [2.05, 4.69) is 25.6 Å². The second kappa shape index (κ2) is 5.59. The Hall–Kier alpha value is -1.31. The van der Waals surface area contributed by atoms with Crippen LogP contribution in [-0.2, 0) is 10.0 Å². The Kier molecular flexibility index (Phi) is 4.22. The molecule has 0 amide bonds. The minimum absolute atomic E-state index is 0.0614. The summed E-state index contributed by atoms with van der Waals surface area (Å²) < 4.78 is 27.8. The van der Waals surface area contributed by atoms with E-state index in [0.717, 1.165) is 4.47 Å². The molecule has 0 aliphatic carbocycles. The Morgan fingerprint density at radius 1 is 1.30 bits per heavy atom. The Balaban J connectivity index is 2.43. The number of anilines is 2. The normalized spacial score (nSPS) is 11.3. The molecule has 0 bridgehead atoms. The van der Waals surface area contributed by atoms with Gasteiger partial charge < -0.3 is 5.73 Å². The minimum atomic E-state index is -3.89. The number of sulfonamides is 1. The molecular weight excluding hydrogens is 366 g/mol. The number of benzene rings is 1. The van der Waals surface area contributed by atoms with Gasteiger partial charge in [-0.05, 0) is 47.1 Å². The van der Waals surface area contributed by atoms with Gasteiger partial charge in [0.15, 0.2) is 0 Å². The number of nitrogens with zero attached hydrogens (tertiary/aromatic N) is 1. The lowest BCUT2D eigenvalue weighted by Gasteiger charge is -2.11. The summed E-state index contributed by atoms with van der Waals surface area (Å²) in [5.41, 5.74) is 6.43. The van der Waals surface area contributed by atoms with Gasteiger partial charge in [-0.15, -0.1) is 0 Å². The molecule has 1 aromatic heterocycles. The predicted octanol–water partition coefficient (Wildman–Crippen LogP) is 3.19. The van der Waals surface area contributed by atoms with Crippen LogP contribution >= 0.6 is 27.5 Å². The maximum absolute atomic E-state index is 12.3. The number of pyridine rings is 1. The fourth-order valence-corrected chi connectivity index (χ4v) is 3.50. The van der Waals surface area contributed by atoms with E-state index in [1.54, 1.807) is 25.1 Å². The van der Waals surface area contributed by atoms with Crippen molar-refractivity contribution in [2.75, 3.05) is 10.5 Å². The van der Waals surface area contributed by atoms with Gasteiger partial charge in [-0.25, -0.2) is 13.4 Å². The van der Waals surface area contributed by atoms with Crippen LogP contribution in [0.15, 0.2) is 39.7 Å². The Morgan fingerprint density at radius 3 is 2.60 bits per heavy atom. The zero-order chi connectivity index (χ0) is 14.9. The Bertz CT molecular complexity index is 745. The highest BCUT2D eigenvalue weighted by Gasteiger charge is 2.21. The van der Waals surface area contributed by atoms with Gasteiger partial charge in [-0.2, -0.15) is 0 Å². The van der Waals surface area contributed by atoms with E-state index < -0.39 is 10.0 Å². The van der Waals surface area contributed by atoms with Crippen molar-refractivity contribution in [2.45, 2.75) is 11.8 Å². The van der Waals surface area contributed by atoms with Crippen molar-refractivity contribution in [3.05, 3.63) is 45.5 Å². The molecule has 0 saturated heterocycles. The van der Waals surface area contributed by atoms with Gasteiger partial charge >= 0.3 is 0 Å². The van der Waals surface area contributed by atoms with Gasteiger partial charge in [0, 0.05) is 4.47 Å². The molecule has 0 radical (unpaired) electrons. The van der Waals surface area contributed by atoms with E-state index in [-0.39, 0.29) is 21.4 Å². The van der Waals surface area contributed by atoms with Crippen LogP contribution in [0.5, 0.6) is 0 Å². The van der Waals surface area contributed by atoms with E-state index >= 15 is 0 Å². The number of nitrogen functional groups attached to an aromatic ring is 1. The Morgan fingerprint density at radius 2 is 2.00 bits per heavy atom. The smallest absolute Gasteiger partial charge is 0.266 e. The fourth-order valence-electron chi connectivity index (χ4n) is 1.60. The summed E-state index contributed by atoms with van der Waals surface area (Å²) in [6.07, 6.45) is 0. The number of hydrogen-bond donors (Lipinski definition) is 2. The molecule has 2 rings (SSSR count). The first kappa shape index (κ1) is 15.1. The van der Waals surface area contributed by atoms with Gasteiger partial charge in [0.1, 0.15) is 10.7 Å². The Labute approximate surface area is 130 Å². The highest BCUT2D eigenvalue weighted by Crippen LogP contribution is 2.28. The summed E-state index contributed by atoms with van der Waals surface area (Å²) >= 11 is 9.21. The lowest BCUT2D eigenvalue weighted by molar-refractivity contribution is 0.601. The van der Waals surface area contributed by atoms with Crippen LogP contribution in [0.25, 0.3) is 0 Å². The standard InChI is InChI=1S/C12H11BrClN3O2S/c1-7-8(13)5-6-11(16-7)17-20(18,19)12-9(14)3-2-4-10(12)15/h2-6H,15H2,1H3,(H,16,17). The SMILES string of the molecule is Cc1nc(NS(=O)(=O)c2c(N)cccc2Cl)ccc1Br. The lowest BCUT2D eigenvalue weighted by atomic mass is 10.3. The topological polar surface area (TPSA) is 85.1 Å². The average molecular weight is 377 g/mol. The van der Waals surface area contributed by atoms with Crippen LogP contribution < -0.4 is 10.5 Å². The zero-order valence-corrected chi connectivity index (χ0v) is 13.6. The monoisotopic (exact) mass is 375 g/mol. The molecular formula is C12H11BrClN3O2S. The number of nitrogens with two attached hydrogens (primary N) is 1. The molecule has 0 saturated carbocycles. The third kappa shape index (κ3) is 3.05. The van der Waals surface area contributed by atoms with Gasteiger partial charge in [-0.3, -0.25) is 4.72 Å². The number of hydrogen-bond acceptors (Lipinski definition) is 4. The van der Waals surface area contributed by atoms with Crippen LogP contribution in [0.1, 0.15) is 5.69 Å². The van der Waals surface area contributed by atoms with Crippen molar-refractivity contribution in [1.29, 1.82) is 0 Å². The number of aromatic nitrogens is 1. The molecule has 0 spiro atoms. The summed E-state index contributed by atoms with van der Waals surface area (Å²) in [6.45, 7) is 1.76. The van der Waals surface area contributed by atoms with E-state index in [0.29, 0.717) is 5.69 Å². The van der Waals surface area contributed by atoms with Crippen molar-refractivity contribution < 1.29 is 8.42 Å². The first-order valence-corrected chi connectivity index (χ1v) is 8.16. The second-order valence-electron chi connectivity index (χ2n) is 4.03. The molecule has 0 atom stereocenters. The largest absolute Gasteiger partial charge is 0.398 e. The average Bonchev–Trinajstić information content (AvgIpc) is 2.33. The zero-order valence-electron chi connectivity index (χ0n) is 10.4. The first-order chi connectivity index (χ1) is 9.31. The number of aryl methyl sites for hydroxylation is 1. The predicted molar refractivity (Wildman–Crippen MR) is 83.3 cm³/mol. The van der Waals surface area contributed by atoms with Crippen molar-refractivity contribution in [3.8, 4) is 0 Å². The maximum atomic E-state index is 12.3. The molecule has 0 aliphatic heterocycles. The number of rotatable bonds is 3. The van der Waals surface area contributed by atoms with E-state index in [4.69, 9.17) is 17.3 Å². The molecule has 3 N–H and O–H groups in total. The summed E-state index contributed by atoms with van der Waals surface area (Å²) in [5.74, 6) is 0.199. The molecule has 8 heteroatoms. The third-order valence-corrected chi connectivity index (χ3v) is 5.26. The lowest BCUT2D eigenvalue weighted by Crippen LogP contribution is -2.16. The van der Waals surface area contributed by atoms with Gasteiger partial charge in [-0.1, -0.05) is 17.7 Å². The van der Waals surface area contributed by atoms with Crippen LogP contribution in [0.3, 0.4) is 0 Å². The van der Waals surface area contributed by atoms with Crippen molar-refractivity contribution in [2.24, 2.45) is 0 Å². The van der Waals surface area contributed by atoms with Crippen LogP contribution in [0, 0.1) is 6.92 Å². The van der Waals surface area contributed by atoms with E-state index in [1.165, 1.54) is 12.1 Å². The van der Waals surface area contributed by atoms with E-state index in [1.807, 2.05) is 0 Å². The summed E-state index contributed by atoms with van der Waals surface area (Å²) in [7, 11) is -3.89. The van der Waals surface area contributed by atoms with Gasteiger partial charge in [0.25, 0.3) is 10.0 Å². The van der Waals surface area contributed by atoms with Crippen LogP contribution in [0.4, 0.5) is 11.5 Å². The summed E-state index contributed by atoms with van der Waals surface area (Å²) in [4.78, 5) is 3.97. The van der Waals surface area contributed by atoms with E-state index in [9.17, 15) is 8.42 Å². The third-order valence-electron chi connectivity index (χ3n) is 2.53. The maximum Gasteiger partial charge on any atom is 0.266 e. The van der Waals surface area contributed by atoms with Crippen LogP contribution in [0.2, 0.25) is 5.02 Å². The van der Waals surface area contributed by atoms with Gasteiger partial charge in [0.05, 0.1) is 16.4 Å². The molecule has 0 unspecified atom stereocenters. The molecule has 5 nitrogen and oxygen atoms in total. The molecule has 1 heterocycles. The second-order valence-corrected chi connectivity index (χ2v) is 6.91. The minimum Gasteiger partial charge on any atom is -0.398 e. The van der Waals surface area contributed by atoms with Crippen LogP contribution in [-0.4, -0.2) is 13.4 Å². The fraction of sp³-hybridized carbons (Fsp3) is 0.0833. The summed E-state index contributed by atoms with van der Waals surface area (Å²) in [6, 6.07) is 7.77. The first-order valence-electron chi connectivity index (χ1n) is 5.51. The van der Waals surface area contributed by atoms with Crippen molar-refractivity contribution >= 4 is 49.1 Å². The molecule has 20 heavy (non-hydrogen) atoms. The van der Waals surface area contributed by atoms with Gasteiger partial charge in [0.2, 0.25) is 0 Å². The molecule has 0 aliphatic rings.